The lowest BCUT2D eigenvalue weighted by Crippen LogP contribution is -2.53. The Morgan fingerprint density at radius 1 is 1.21 bits per heavy atom. The molecule has 1 atom stereocenters. The van der Waals surface area contributed by atoms with Crippen LogP contribution >= 0.6 is 0 Å². The third kappa shape index (κ3) is 3.76. The summed E-state index contributed by atoms with van der Waals surface area (Å²) in [4.78, 5) is 52.2. The van der Waals surface area contributed by atoms with E-state index in [0.717, 1.165) is 4.90 Å². The van der Waals surface area contributed by atoms with Crippen LogP contribution in [0.3, 0.4) is 0 Å². The maximum Gasteiger partial charge on any atom is 0.407 e. The molecule has 4 amide bonds. The highest BCUT2D eigenvalue weighted by molar-refractivity contribution is 6.22. The second-order valence-corrected chi connectivity index (χ2v) is 6.83. The Morgan fingerprint density at radius 3 is 2.32 bits per heavy atom. The minimum atomic E-state index is -0.880. The zero-order chi connectivity index (χ0) is 20.3. The van der Waals surface area contributed by atoms with Crippen molar-refractivity contribution in [1.82, 2.24) is 15.1 Å². The highest BCUT2D eigenvalue weighted by Crippen LogP contribution is 2.25. The summed E-state index contributed by atoms with van der Waals surface area (Å²) in [7, 11) is 0. The van der Waals surface area contributed by atoms with Crippen LogP contribution in [0, 0.1) is 0 Å². The normalized spacial score (nSPS) is 17.9. The van der Waals surface area contributed by atoms with Crippen LogP contribution in [-0.2, 0) is 9.53 Å². The standard InChI is InChI=1S/C20H23N3O5/c1-3-12-28-20(27)21-14-8-10-22(11-9-14)17(24)13(2)23-18(25)15-6-4-5-7-16(15)19(23)26/h3-7,13-14H,1,8-12H2,2H3,(H,21,27). The first-order valence-electron chi connectivity index (χ1n) is 9.24. The van der Waals surface area contributed by atoms with Crippen LogP contribution in [0.25, 0.3) is 0 Å². The van der Waals surface area contributed by atoms with E-state index in [4.69, 9.17) is 4.74 Å². The predicted molar refractivity (Wildman–Crippen MR) is 101 cm³/mol. The van der Waals surface area contributed by atoms with Gasteiger partial charge in [0.2, 0.25) is 5.91 Å². The Kier molecular flexibility index (Phi) is 5.77. The quantitative estimate of drug-likeness (QED) is 0.613. The van der Waals surface area contributed by atoms with Gasteiger partial charge < -0.3 is 15.0 Å². The van der Waals surface area contributed by atoms with E-state index in [-0.39, 0.29) is 18.6 Å². The monoisotopic (exact) mass is 385 g/mol. The molecule has 0 saturated carbocycles. The van der Waals surface area contributed by atoms with E-state index < -0.39 is 23.9 Å². The van der Waals surface area contributed by atoms with Gasteiger partial charge in [-0.25, -0.2) is 4.79 Å². The van der Waals surface area contributed by atoms with E-state index in [1.165, 1.54) is 6.08 Å². The van der Waals surface area contributed by atoms with Crippen molar-refractivity contribution in [2.75, 3.05) is 19.7 Å². The zero-order valence-electron chi connectivity index (χ0n) is 15.7. The molecule has 2 aliphatic rings. The van der Waals surface area contributed by atoms with Gasteiger partial charge in [-0.3, -0.25) is 19.3 Å². The molecule has 1 aromatic carbocycles. The summed E-state index contributed by atoms with van der Waals surface area (Å²) in [5.74, 6) is -1.16. The Labute approximate surface area is 163 Å². The van der Waals surface area contributed by atoms with Gasteiger partial charge >= 0.3 is 6.09 Å². The number of carbonyl (C=O) groups excluding carboxylic acids is 4. The van der Waals surface area contributed by atoms with Crippen LogP contribution < -0.4 is 5.32 Å². The molecule has 0 spiro atoms. The lowest BCUT2D eigenvalue weighted by atomic mass is 10.0. The lowest BCUT2D eigenvalue weighted by molar-refractivity contribution is -0.136. The van der Waals surface area contributed by atoms with Gasteiger partial charge in [0.15, 0.2) is 0 Å². The third-order valence-corrected chi connectivity index (χ3v) is 5.03. The van der Waals surface area contributed by atoms with Gasteiger partial charge in [0.05, 0.1) is 11.1 Å². The fourth-order valence-corrected chi connectivity index (χ4v) is 3.52. The van der Waals surface area contributed by atoms with Crippen LogP contribution in [-0.4, -0.2) is 65.4 Å². The Bertz CT molecular complexity index is 779. The molecular formula is C20H23N3O5. The van der Waals surface area contributed by atoms with Crippen LogP contribution in [0.1, 0.15) is 40.5 Å². The van der Waals surface area contributed by atoms with Gasteiger partial charge in [0.25, 0.3) is 11.8 Å². The average Bonchev–Trinajstić information content (AvgIpc) is 2.96. The number of nitrogens with zero attached hydrogens (tertiary/aromatic N) is 2. The molecule has 1 unspecified atom stereocenters. The summed E-state index contributed by atoms with van der Waals surface area (Å²) in [6, 6.07) is 5.60. The molecule has 3 rings (SSSR count). The minimum Gasteiger partial charge on any atom is -0.445 e. The van der Waals surface area contributed by atoms with Gasteiger partial charge in [0, 0.05) is 19.1 Å². The number of ether oxygens (including phenoxy) is 1. The Hall–Kier alpha value is -3.16. The molecule has 1 saturated heterocycles. The van der Waals surface area contributed by atoms with Crippen molar-refractivity contribution in [1.29, 1.82) is 0 Å². The molecule has 0 radical (unpaired) electrons. The van der Waals surface area contributed by atoms with Crippen molar-refractivity contribution in [3.05, 3.63) is 48.0 Å². The number of benzene rings is 1. The summed E-state index contributed by atoms with van der Waals surface area (Å²) in [5, 5.41) is 2.76. The van der Waals surface area contributed by atoms with Crippen molar-refractivity contribution < 1.29 is 23.9 Å². The molecule has 8 nitrogen and oxygen atoms in total. The van der Waals surface area contributed by atoms with Gasteiger partial charge in [-0.15, -0.1) is 0 Å². The molecule has 2 heterocycles. The van der Waals surface area contributed by atoms with Crippen LogP contribution in [0.15, 0.2) is 36.9 Å². The molecule has 8 heteroatoms. The van der Waals surface area contributed by atoms with E-state index in [9.17, 15) is 19.2 Å². The molecule has 0 bridgehead atoms. The molecule has 1 fully saturated rings. The number of fused-ring (bicyclic) bond motifs is 1. The van der Waals surface area contributed by atoms with E-state index >= 15 is 0 Å². The summed E-state index contributed by atoms with van der Waals surface area (Å²) in [5.41, 5.74) is 0.654. The third-order valence-electron chi connectivity index (χ3n) is 5.03. The molecule has 0 aliphatic carbocycles. The number of amides is 4. The number of piperidine rings is 1. The summed E-state index contributed by atoms with van der Waals surface area (Å²) in [6.45, 7) is 6.05. The van der Waals surface area contributed by atoms with Crippen molar-refractivity contribution in [2.24, 2.45) is 0 Å². The van der Waals surface area contributed by atoms with Gasteiger partial charge in [-0.2, -0.15) is 0 Å². The fraction of sp³-hybridized carbons (Fsp3) is 0.400. The van der Waals surface area contributed by atoms with E-state index in [2.05, 4.69) is 11.9 Å². The topological polar surface area (TPSA) is 96.0 Å². The molecular weight excluding hydrogens is 362 g/mol. The maximum absolute atomic E-state index is 12.9. The van der Waals surface area contributed by atoms with Crippen molar-refractivity contribution >= 4 is 23.8 Å². The molecule has 148 valence electrons. The Balaban J connectivity index is 1.57. The number of carbonyl (C=O) groups is 4. The lowest BCUT2D eigenvalue weighted by Gasteiger charge is -2.35. The molecule has 1 N–H and O–H groups in total. The summed E-state index contributed by atoms with van der Waals surface area (Å²) < 4.78 is 4.90. The summed E-state index contributed by atoms with van der Waals surface area (Å²) in [6.07, 6.45) is 2.12. The molecule has 2 aliphatic heterocycles. The largest absolute Gasteiger partial charge is 0.445 e. The number of alkyl carbamates (subject to hydrolysis) is 1. The predicted octanol–water partition coefficient (Wildman–Crippen LogP) is 1.57. The number of likely N-dealkylation sites (tertiary alicyclic amines) is 1. The van der Waals surface area contributed by atoms with Crippen molar-refractivity contribution in [2.45, 2.75) is 31.8 Å². The van der Waals surface area contributed by atoms with Crippen LogP contribution in [0.4, 0.5) is 4.79 Å². The smallest absolute Gasteiger partial charge is 0.407 e. The second-order valence-electron chi connectivity index (χ2n) is 6.83. The zero-order valence-corrected chi connectivity index (χ0v) is 15.7. The number of imide groups is 1. The SMILES string of the molecule is C=CCOC(=O)NC1CCN(C(=O)C(C)N2C(=O)c3ccccc3C2=O)CC1. The van der Waals surface area contributed by atoms with E-state index in [1.54, 1.807) is 36.1 Å². The number of hydrogen-bond donors (Lipinski definition) is 1. The Morgan fingerprint density at radius 2 is 1.79 bits per heavy atom. The second kappa shape index (κ2) is 8.24. The van der Waals surface area contributed by atoms with E-state index in [0.29, 0.717) is 37.1 Å². The number of hydrogen-bond acceptors (Lipinski definition) is 5. The van der Waals surface area contributed by atoms with E-state index in [1.807, 2.05) is 0 Å². The van der Waals surface area contributed by atoms with Crippen LogP contribution in [0.2, 0.25) is 0 Å². The highest BCUT2D eigenvalue weighted by Gasteiger charge is 2.42. The van der Waals surface area contributed by atoms with Gasteiger partial charge in [0.1, 0.15) is 12.6 Å². The highest BCUT2D eigenvalue weighted by atomic mass is 16.5. The number of rotatable bonds is 5. The first kappa shape index (κ1) is 19.6. The average molecular weight is 385 g/mol. The minimum absolute atomic E-state index is 0.0871. The maximum atomic E-state index is 12.9. The van der Waals surface area contributed by atoms with Crippen molar-refractivity contribution in [3.8, 4) is 0 Å². The summed E-state index contributed by atoms with van der Waals surface area (Å²) >= 11 is 0. The van der Waals surface area contributed by atoms with Crippen LogP contribution in [0.5, 0.6) is 0 Å². The molecule has 28 heavy (non-hydrogen) atoms. The van der Waals surface area contributed by atoms with Crippen molar-refractivity contribution in [3.63, 3.8) is 0 Å². The first-order chi connectivity index (χ1) is 13.4. The molecule has 1 aromatic rings. The number of nitrogens with one attached hydrogen (secondary N) is 1. The molecule has 0 aromatic heterocycles. The van der Waals surface area contributed by atoms with Gasteiger partial charge in [-0.05, 0) is 31.9 Å². The van der Waals surface area contributed by atoms with Gasteiger partial charge in [-0.1, -0.05) is 24.8 Å². The first-order valence-corrected chi connectivity index (χ1v) is 9.24. The fourth-order valence-electron chi connectivity index (χ4n) is 3.52.